The molecule has 0 aliphatic carbocycles. The molecular weight excluding hydrogens is 292 g/mol. The van der Waals surface area contributed by atoms with Gasteiger partial charge in [-0.25, -0.2) is 5.43 Å². The van der Waals surface area contributed by atoms with Gasteiger partial charge in [-0.1, -0.05) is 18.2 Å². The second-order valence-corrected chi connectivity index (χ2v) is 5.28. The summed E-state index contributed by atoms with van der Waals surface area (Å²) in [5, 5.41) is 9.25. The van der Waals surface area contributed by atoms with E-state index in [0.717, 1.165) is 23.1 Å². The Hall–Kier alpha value is -2.89. The number of fused-ring (bicyclic) bond motifs is 1. The van der Waals surface area contributed by atoms with Crippen LogP contribution >= 0.6 is 0 Å². The number of carbonyl (C=O) groups excluding carboxylic acids is 1. The lowest BCUT2D eigenvalue weighted by molar-refractivity contribution is 0.0928. The van der Waals surface area contributed by atoms with E-state index < -0.39 is 0 Å². The van der Waals surface area contributed by atoms with Crippen LogP contribution < -0.4 is 5.43 Å². The molecule has 0 bridgehead atoms. The normalized spacial score (nSPS) is 11.9. The van der Waals surface area contributed by atoms with Crippen molar-refractivity contribution in [3.05, 3.63) is 53.5 Å². The summed E-state index contributed by atoms with van der Waals surface area (Å²) in [6, 6.07) is 7.56. The number of furan rings is 1. The number of hydrogen-bond donors (Lipinski definition) is 1. The monoisotopic (exact) mass is 310 g/mol. The number of aryl methyl sites for hydroxylation is 2. The molecule has 6 nitrogen and oxygen atoms in total. The first-order valence-corrected chi connectivity index (χ1v) is 7.45. The minimum absolute atomic E-state index is 0.284. The predicted octanol–water partition coefficient (Wildman–Crippen LogP) is 3.11. The van der Waals surface area contributed by atoms with Crippen molar-refractivity contribution in [1.82, 2.24) is 15.2 Å². The van der Waals surface area contributed by atoms with Crippen LogP contribution in [-0.2, 0) is 6.54 Å². The third kappa shape index (κ3) is 2.88. The highest BCUT2D eigenvalue weighted by Gasteiger charge is 2.17. The molecule has 3 rings (SSSR count). The Bertz CT molecular complexity index is 889. The largest absolute Gasteiger partial charge is 0.451 e. The third-order valence-corrected chi connectivity index (χ3v) is 3.75. The molecule has 1 N–H and O–H groups in total. The molecule has 0 aliphatic rings. The van der Waals surface area contributed by atoms with Crippen molar-refractivity contribution < 1.29 is 9.21 Å². The predicted molar refractivity (Wildman–Crippen MR) is 88.5 cm³/mol. The van der Waals surface area contributed by atoms with Gasteiger partial charge in [-0.05, 0) is 26.8 Å². The molecule has 0 saturated carbocycles. The van der Waals surface area contributed by atoms with Gasteiger partial charge < -0.3 is 4.42 Å². The standard InChI is InChI=1S/C17H18N4O2/c1-4-21-10-13(9-18-21)12(3)19-20-17(22)16-11(2)14-7-5-6-8-15(14)23-16/h5-10H,4H2,1-3H3,(H,20,22). The molecule has 0 unspecified atom stereocenters. The van der Waals surface area contributed by atoms with Gasteiger partial charge in [0.15, 0.2) is 5.76 Å². The topological polar surface area (TPSA) is 72.4 Å². The maximum Gasteiger partial charge on any atom is 0.307 e. The van der Waals surface area contributed by atoms with Gasteiger partial charge in [-0.3, -0.25) is 9.48 Å². The smallest absolute Gasteiger partial charge is 0.307 e. The molecular formula is C17H18N4O2. The van der Waals surface area contributed by atoms with Gasteiger partial charge in [0.05, 0.1) is 11.9 Å². The summed E-state index contributed by atoms with van der Waals surface area (Å²) in [4.78, 5) is 12.3. The Balaban J connectivity index is 1.80. The van der Waals surface area contributed by atoms with Crippen LogP contribution in [0, 0.1) is 6.92 Å². The number of amides is 1. The average Bonchev–Trinajstić information content (AvgIpc) is 3.18. The number of para-hydroxylation sites is 1. The van der Waals surface area contributed by atoms with E-state index in [2.05, 4.69) is 15.6 Å². The molecule has 1 aromatic carbocycles. The fourth-order valence-electron chi connectivity index (χ4n) is 2.36. The summed E-state index contributed by atoms with van der Waals surface area (Å²) in [5.74, 6) is -0.0760. The number of carbonyl (C=O) groups is 1. The second-order valence-electron chi connectivity index (χ2n) is 5.28. The van der Waals surface area contributed by atoms with Crippen molar-refractivity contribution in [2.45, 2.75) is 27.3 Å². The fraction of sp³-hybridized carbons (Fsp3) is 0.235. The Morgan fingerprint density at radius 3 is 2.87 bits per heavy atom. The van der Waals surface area contributed by atoms with Crippen LogP contribution in [0.5, 0.6) is 0 Å². The molecule has 6 heteroatoms. The van der Waals surface area contributed by atoms with Gasteiger partial charge in [0.25, 0.3) is 0 Å². The Morgan fingerprint density at radius 2 is 2.17 bits per heavy atom. The van der Waals surface area contributed by atoms with Crippen LogP contribution in [0.1, 0.15) is 35.5 Å². The zero-order chi connectivity index (χ0) is 16.4. The minimum Gasteiger partial charge on any atom is -0.451 e. The molecule has 23 heavy (non-hydrogen) atoms. The highest BCUT2D eigenvalue weighted by Crippen LogP contribution is 2.24. The summed E-state index contributed by atoms with van der Waals surface area (Å²) >= 11 is 0. The lowest BCUT2D eigenvalue weighted by Gasteiger charge is -2.00. The number of nitrogens with one attached hydrogen (secondary N) is 1. The summed E-state index contributed by atoms with van der Waals surface area (Å²) in [5.41, 5.74) is 5.60. The van der Waals surface area contributed by atoms with Crippen LogP contribution in [0.15, 0.2) is 46.2 Å². The van der Waals surface area contributed by atoms with Crippen molar-refractivity contribution in [2.24, 2.45) is 5.10 Å². The number of aromatic nitrogens is 2. The van der Waals surface area contributed by atoms with Gasteiger partial charge in [0.1, 0.15) is 5.58 Å². The number of hydrazone groups is 1. The minimum atomic E-state index is -0.360. The van der Waals surface area contributed by atoms with E-state index >= 15 is 0 Å². The summed E-state index contributed by atoms with van der Waals surface area (Å²) in [6.45, 7) is 6.48. The summed E-state index contributed by atoms with van der Waals surface area (Å²) in [6.07, 6.45) is 3.61. The van der Waals surface area contributed by atoms with Gasteiger partial charge in [-0.15, -0.1) is 0 Å². The maximum atomic E-state index is 12.3. The first kappa shape index (κ1) is 15.0. The molecule has 2 aromatic heterocycles. The van der Waals surface area contributed by atoms with Crippen LogP contribution in [0.3, 0.4) is 0 Å². The molecule has 2 heterocycles. The average molecular weight is 310 g/mol. The Kier molecular flexibility index (Phi) is 3.97. The van der Waals surface area contributed by atoms with Crippen molar-refractivity contribution in [1.29, 1.82) is 0 Å². The fourth-order valence-corrected chi connectivity index (χ4v) is 2.36. The summed E-state index contributed by atoms with van der Waals surface area (Å²) in [7, 11) is 0. The lowest BCUT2D eigenvalue weighted by atomic mass is 10.1. The van der Waals surface area contributed by atoms with Crippen molar-refractivity contribution in [2.75, 3.05) is 0 Å². The van der Waals surface area contributed by atoms with E-state index in [1.54, 1.807) is 10.9 Å². The number of nitrogens with zero attached hydrogens (tertiary/aromatic N) is 3. The van der Waals surface area contributed by atoms with Crippen molar-refractivity contribution in [3.63, 3.8) is 0 Å². The van der Waals surface area contributed by atoms with Gasteiger partial charge in [-0.2, -0.15) is 10.2 Å². The summed E-state index contributed by atoms with van der Waals surface area (Å²) < 4.78 is 7.43. The van der Waals surface area contributed by atoms with E-state index in [0.29, 0.717) is 11.3 Å². The van der Waals surface area contributed by atoms with Crippen LogP contribution in [0.2, 0.25) is 0 Å². The molecule has 0 radical (unpaired) electrons. The molecule has 0 spiro atoms. The van der Waals surface area contributed by atoms with Crippen molar-refractivity contribution >= 4 is 22.6 Å². The van der Waals surface area contributed by atoms with E-state index in [9.17, 15) is 4.79 Å². The van der Waals surface area contributed by atoms with Crippen molar-refractivity contribution in [3.8, 4) is 0 Å². The van der Waals surface area contributed by atoms with E-state index in [1.165, 1.54) is 0 Å². The Labute approximate surface area is 133 Å². The lowest BCUT2D eigenvalue weighted by Crippen LogP contribution is -2.19. The molecule has 0 saturated heterocycles. The molecule has 0 aliphatic heterocycles. The van der Waals surface area contributed by atoms with Crippen LogP contribution in [0.4, 0.5) is 0 Å². The number of benzene rings is 1. The molecule has 3 aromatic rings. The van der Waals surface area contributed by atoms with E-state index in [1.807, 2.05) is 51.2 Å². The molecule has 0 atom stereocenters. The van der Waals surface area contributed by atoms with Gasteiger partial charge >= 0.3 is 5.91 Å². The molecule has 118 valence electrons. The molecule has 0 fully saturated rings. The molecule has 1 amide bonds. The maximum absolute atomic E-state index is 12.3. The van der Waals surface area contributed by atoms with Gasteiger partial charge in [0.2, 0.25) is 0 Å². The van der Waals surface area contributed by atoms with E-state index in [-0.39, 0.29) is 11.7 Å². The quantitative estimate of drug-likeness (QED) is 0.594. The highest BCUT2D eigenvalue weighted by molar-refractivity contribution is 6.02. The van der Waals surface area contributed by atoms with E-state index in [4.69, 9.17) is 4.42 Å². The third-order valence-electron chi connectivity index (χ3n) is 3.75. The zero-order valence-corrected chi connectivity index (χ0v) is 13.3. The SMILES string of the molecule is CCn1cc(C(C)=NNC(=O)c2oc3ccccc3c2C)cn1. The van der Waals surface area contributed by atoms with Crippen LogP contribution in [-0.4, -0.2) is 21.4 Å². The zero-order valence-electron chi connectivity index (χ0n) is 13.3. The van der Waals surface area contributed by atoms with Gasteiger partial charge in [0, 0.05) is 29.3 Å². The first-order valence-electron chi connectivity index (χ1n) is 7.45. The Morgan fingerprint density at radius 1 is 1.39 bits per heavy atom. The number of rotatable bonds is 4. The van der Waals surface area contributed by atoms with Crippen LogP contribution in [0.25, 0.3) is 11.0 Å². The number of hydrogen-bond acceptors (Lipinski definition) is 4. The highest BCUT2D eigenvalue weighted by atomic mass is 16.3. The first-order chi connectivity index (χ1) is 11.1. The second kappa shape index (κ2) is 6.08.